The lowest BCUT2D eigenvalue weighted by Crippen LogP contribution is -2.59. The predicted molar refractivity (Wildman–Crippen MR) is 193 cm³/mol. The highest BCUT2D eigenvalue weighted by atomic mass is 79.9. The van der Waals surface area contributed by atoms with Gasteiger partial charge >= 0.3 is 11.4 Å². The van der Waals surface area contributed by atoms with Crippen molar-refractivity contribution in [3.8, 4) is 23.0 Å². The van der Waals surface area contributed by atoms with Crippen LogP contribution in [0.5, 0.6) is 23.0 Å². The summed E-state index contributed by atoms with van der Waals surface area (Å²) >= 11 is 17.7. The Bertz CT molecular complexity index is 2400. The second-order valence-corrected chi connectivity index (χ2v) is 14.4. The summed E-state index contributed by atoms with van der Waals surface area (Å²) in [5, 5.41) is 10.5. The molecule has 2 aliphatic heterocycles. The fourth-order valence-electron chi connectivity index (χ4n) is 7.70. The number of alkyl halides is 3. The van der Waals surface area contributed by atoms with E-state index in [1.165, 1.54) is 40.3 Å². The number of methoxy groups -OCH3 is 2. The minimum atomic E-state index is -2.04. The van der Waals surface area contributed by atoms with Gasteiger partial charge in [-0.3, -0.25) is 19.3 Å². The largest absolute Gasteiger partial charge is 0.504 e. The number of allylic oxidation sites excluding steroid dienone is 2. The van der Waals surface area contributed by atoms with Crippen LogP contribution < -0.4 is 31.1 Å². The van der Waals surface area contributed by atoms with E-state index < -0.39 is 50.5 Å². The lowest BCUT2D eigenvalue weighted by Gasteiger charge is -2.49. The van der Waals surface area contributed by atoms with E-state index in [2.05, 4.69) is 20.9 Å². The fourth-order valence-corrected chi connectivity index (χ4v) is 9.10. The number of imide groups is 1. The second kappa shape index (κ2) is 12.8. The molecule has 2 fully saturated rings. The summed E-state index contributed by atoms with van der Waals surface area (Å²) in [6, 6.07) is 6.78. The van der Waals surface area contributed by atoms with Gasteiger partial charge in [0.25, 0.3) is 17.4 Å². The molecule has 1 aliphatic carbocycles. The number of nitrogens with zero attached hydrogens (tertiary/aromatic N) is 6. The van der Waals surface area contributed by atoms with Crippen LogP contribution in [0.1, 0.15) is 36.6 Å². The molecule has 2 amide bonds. The van der Waals surface area contributed by atoms with Gasteiger partial charge in [-0.25, -0.2) is 28.5 Å². The van der Waals surface area contributed by atoms with Crippen molar-refractivity contribution in [1.82, 2.24) is 28.4 Å². The van der Waals surface area contributed by atoms with Gasteiger partial charge in [0, 0.05) is 44.5 Å². The number of carbonyl (C=O) groups excluding carboxylic acids is 2. The number of fused-ring (bicyclic) bond motifs is 5. The Labute approximate surface area is 313 Å². The Hall–Kier alpha value is -4.54. The highest BCUT2D eigenvalue weighted by Crippen LogP contribution is 2.63. The maximum Gasteiger partial charge on any atom is 0.347 e. The van der Waals surface area contributed by atoms with Crippen LogP contribution in [-0.4, -0.2) is 81.3 Å². The number of aromatic hydroxyl groups is 1. The molecule has 4 heterocycles. The van der Waals surface area contributed by atoms with Crippen molar-refractivity contribution >= 4 is 62.0 Å². The number of ether oxygens (including phenoxy) is 3. The van der Waals surface area contributed by atoms with Crippen molar-refractivity contribution in [3.05, 3.63) is 84.6 Å². The van der Waals surface area contributed by atoms with Crippen molar-refractivity contribution in [2.75, 3.05) is 26.3 Å². The van der Waals surface area contributed by atoms with Gasteiger partial charge in [0.2, 0.25) is 0 Å². The first-order valence-corrected chi connectivity index (χ1v) is 18.1. The average molecular weight is 820 g/mol. The van der Waals surface area contributed by atoms with E-state index in [1.54, 1.807) is 38.2 Å². The van der Waals surface area contributed by atoms with Crippen LogP contribution in [0, 0.1) is 0 Å². The average Bonchev–Trinajstić information content (AvgIpc) is 3.46. The van der Waals surface area contributed by atoms with Gasteiger partial charge in [-0.1, -0.05) is 28.1 Å². The molecule has 1 saturated heterocycles. The number of halogens is 3. The van der Waals surface area contributed by atoms with E-state index in [9.17, 15) is 29.1 Å². The van der Waals surface area contributed by atoms with Gasteiger partial charge in [-0.2, -0.15) is 0 Å². The Balaban J connectivity index is 1.32. The lowest BCUT2D eigenvalue weighted by molar-refractivity contribution is -0.138. The highest BCUT2D eigenvalue weighted by molar-refractivity contribution is 9.09. The smallest absolute Gasteiger partial charge is 0.347 e. The van der Waals surface area contributed by atoms with E-state index in [4.69, 9.17) is 37.4 Å². The number of hydrogen-bond acceptors (Lipinski definition) is 10. The zero-order valence-corrected chi connectivity index (χ0v) is 31.5. The van der Waals surface area contributed by atoms with Crippen LogP contribution in [0.3, 0.4) is 0 Å². The van der Waals surface area contributed by atoms with Crippen LogP contribution >= 0.6 is 39.1 Å². The molecule has 2 aromatic carbocycles. The molecule has 3 aliphatic rings. The number of phenolic OH excluding ortho intramolecular Hbond substituents is 1. The molecule has 0 spiro atoms. The molecular formula is C34H33BrCl2N6O9. The molecular weight excluding hydrogens is 787 g/mol. The van der Waals surface area contributed by atoms with Crippen LogP contribution in [0.15, 0.2) is 56.4 Å². The molecule has 0 unspecified atom stereocenters. The standard InChI is InChI=1S/C34H33BrCl2N6O9/c1-5-52-24-12-17(6-7-23(24)44)27-18-8-11-42-31(48)40(10-9-19-28(45)39(2)21-14-26(51-4)25(50-3)13-20(21)38-19)32(49)43(42)22(18)15-33(36)29(46)41(16-35)30(47)34(27,33)37/h6-8,12-14,22,27,44H,5,9-11,15-16H2,1-4H3/t22-,27+,33-,34+/m1/s1. The summed E-state index contributed by atoms with van der Waals surface area (Å²) in [4.78, 5) is 70.8. The predicted octanol–water partition coefficient (Wildman–Crippen LogP) is 2.77. The van der Waals surface area contributed by atoms with E-state index >= 15 is 0 Å². The van der Waals surface area contributed by atoms with Crippen molar-refractivity contribution in [2.45, 2.75) is 54.6 Å². The maximum absolute atomic E-state index is 14.2. The van der Waals surface area contributed by atoms with Gasteiger partial charge in [-0.05, 0) is 30.2 Å². The number of aryl methyl sites for hydroxylation is 2. The first-order valence-electron chi connectivity index (χ1n) is 16.3. The number of carbonyl (C=O) groups is 2. The third-order valence-electron chi connectivity index (χ3n) is 10.2. The van der Waals surface area contributed by atoms with E-state index in [0.29, 0.717) is 33.7 Å². The summed E-state index contributed by atoms with van der Waals surface area (Å²) in [7, 11) is 4.55. The van der Waals surface area contributed by atoms with Crippen molar-refractivity contribution in [1.29, 1.82) is 0 Å². The van der Waals surface area contributed by atoms with Gasteiger partial charge in [0.15, 0.2) is 32.7 Å². The van der Waals surface area contributed by atoms with Crippen LogP contribution in [0.4, 0.5) is 0 Å². The molecule has 1 N–H and O–H groups in total. The molecule has 0 bridgehead atoms. The number of amides is 2. The van der Waals surface area contributed by atoms with E-state index in [-0.39, 0.29) is 55.2 Å². The van der Waals surface area contributed by atoms with Crippen LogP contribution in [0.25, 0.3) is 11.0 Å². The van der Waals surface area contributed by atoms with Crippen molar-refractivity contribution in [2.24, 2.45) is 7.05 Å². The fraction of sp³-hybridized carbons (Fsp3) is 0.412. The van der Waals surface area contributed by atoms with Gasteiger partial charge in [0.05, 0.1) is 49.9 Å². The number of aromatic nitrogens is 5. The molecule has 2 aromatic heterocycles. The first kappa shape index (κ1) is 35.8. The zero-order valence-electron chi connectivity index (χ0n) is 28.4. The Morgan fingerprint density at radius 2 is 1.71 bits per heavy atom. The number of phenols is 1. The molecule has 15 nitrogen and oxygen atoms in total. The minimum Gasteiger partial charge on any atom is -0.504 e. The topological polar surface area (TPSA) is 169 Å². The lowest BCUT2D eigenvalue weighted by atomic mass is 9.64. The Morgan fingerprint density at radius 3 is 2.38 bits per heavy atom. The van der Waals surface area contributed by atoms with Gasteiger partial charge in [-0.15, -0.1) is 23.2 Å². The van der Waals surface area contributed by atoms with E-state index in [1.807, 2.05) is 0 Å². The molecule has 0 radical (unpaired) electrons. The Morgan fingerprint density at radius 1 is 1.00 bits per heavy atom. The third-order valence-corrected chi connectivity index (χ3v) is 12.1. The van der Waals surface area contributed by atoms with Gasteiger partial charge < -0.3 is 23.9 Å². The van der Waals surface area contributed by atoms with Crippen molar-refractivity contribution in [3.63, 3.8) is 0 Å². The molecule has 18 heteroatoms. The first-order chi connectivity index (χ1) is 24.8. The Kier molecular flexibility index (Phi) is 8.85. The minimum absolute atomic E-state index is 0.0607. The molecule has 274 valence electrons. The molecule has 7 rings (SSSR count). The molecule has 1 saturated carbocycles. The zero-order chi connectivity index (χ0) is 37.4. The molecule has 4 aromatic rings. The summed E-state index contributed by atoms with van der Waals surface area (Å²) in [5.41, 5.74) is 0.0205. The number of hydrogen-bond donors (Lipinski definition) is 1. The van der Waals surface area contributed by atoms with Gasteiger partial charge in [0.1, 0.15) is 5.69 Å². The van der Waals surface area contributed by atoms with Crippen molar-refractivity contribution < 1.29 is 28.9 Å². The SMILES string of the molecule is CCOc1cc([C@H]2C3=CCn4c(=O)n(CCc5nc6cc(OC)c(OC)cc6n(C)c5=O)c(=O)n4[C@@H]3C[C@@]3(Cl)C(=O)N(CBr)C(=O)[C@@]23Cl)ccc1O. The van der Waals surface area contributed by atoms with Crippen LogP contribution in [-0.2, 0) is 36.1 Å². The summed E-state index contributed by atoms with van der Waals surface area (Å²) in [6.07, 6.45) is 1.37. The highest BCUT2D eigenvalue weighted by Gasteiger charge is 2.75. The molecule has 4 atom stereocenters. The quantitative estimate of drug-likeness (QED) is 0.115. The van der Waals surface area contributed by atoms with Crippen LogP contribution in [0.2, 0.25) is 0 Å². The maximum atomic E-state index is 14.2. The summed E-state index contributed by atoms with van der Waals surface area (Å²) in [5.74, 6) is -1.75. The molecule has 52 heavy (non-hydrogen) atoms. The number of likely N-dealkylation sites (tertiary alicyclic amines) is 1. The normalized spacial score (nSPS) is 23.7. The summed E-state index contributed by atoms with van der Waals surface area (Å²) in [6.45, 7) is 1.72. The number of benzene rings is 2. The summed E-state index contributed by atoms with van der Waals surface area (Å²) < 4.78 is 21.3. The second-order valence-electron chi connectivity index (χ2n) is 12.7. The number of rotatable bonds is 9. The third kappa shape index (κ3) is 4.90. The van der Waals surface area contributed by atoms with E-state index in [0.717, 1.165) is 9.47 Å². The monoisotopic (exact) mass is 818 g/mol.